The van der Waals surface area contributed by atoms with E-state index in [2.05, 4.69) is 28.3 Å². The number of aromatic nitrogens is 1. The number of thiazole rings is 1. The zero-order chi connectivity index (χ0) is 9.11. The lowest BCUT2D eigenvalue weighted by Crippen LogP contribution is -1.38. The minimum absolute atomic E-state index is 1.60. The number of hydrogen-bond donors (Lipinski definition) is 4. The summed E-state index contributed by atoms with van der Waals surface area (Å²) < 4.78 is 8.70. The van der Waals surface area contributed by atoms with Gasteiger partial charge in [0.05, 0.1) is 5.51 Å². The van der Waals surface area contributed by atoms with Gasteiger partial charge in [0.25, 0.3) is 0 Å². The Morgan fingerprint density at radius 2 is 1.91 bits per heavy atom. The van der Waals surface area contributed by atoms with Crippen LogP contribution in [0, 0.1) is 0 Å². The standard InChI is InChI=1S/C3H3NS.HO3P.H2S2/c1-2-5-3-4-1;1-4(2)3;1-2/h1-3H;(H-,1,2,3);1-2H/p+1. The molecular formula is C3H7NO3PS3+. The van der Waals surface area contributed by atoms with Crippen LogP contribution in [-0.4, -0.2) is 14.8 Å². The van der Waals surface area contributed by atoms with Crippen LogP contribution in [0.4, 0.5) is 0 Å². The summed E-state index contributed by atoms with van der Waals surface area (Å²) in [6, 6.07) is 0. The molecule has 0 radical (unpaired) electrons. The Hall–Kier alpha value is 0.350. The van der Waals surface area contributed by atoms with Crippen LogP contribution in [0.2, 0.25) is 0 Å². The van der Waals surface area contributed by atoms with Crippen molar-refractivity contribution in [1.29, 1.82) is 0 Å². The predicted molar refractivity (Wildman–Crippen MR) is 52.1 cm³/mol. The molecule has 1 rings (SSSR count). The topological polar surface area (TPSA) is 70.4 Å². The number of thiol groups is 2. The van der Waals surface area contributed by atoms with Crippen molar-refractivity contribution in [2.24, 2.45) is 0 Å². The number of rotatable bonds is 0. The van der Waals surface area contributed by atoms with E-state index in [0.717, 1.165) is 0 Å². The van der Waals surface area contributed by atoms with Crippen molar-refractivity contribution >= 4 is 42.9 Å². The maximum atomic E-state index is 8.70. The SMILES string of the molecule is O=[P+](O)O.SS.c1cscn1. The number of hydrogen-bond acceptors (Lipinski definition) is 5. The molecule has 0 aliphatic carbocycles. The Morgan fingerprint density at radius 1 is 1.45 bits per heavy atom. The smallest absolute Gasteiger partial charge is 0.253 e. The van der Waals surface area contributed by atoms with E-state index in [1.165, 1.54) is 0 Å². The van der Waals surface area contributed by atoms with Gasteiger partial charge in [-0.25, -0.2) is 0 Å². The summed E-state index contributed by atoms with van der Waals surface area (Å²) in [5.41, 5.74) is 1.79. The lowest BCUT2D eigenvalue weighted by atomic mass is 11.0. The van der Waals surface area contributed by atoms with E-state index in [-0.39, 0.29) is 0 Å². The first-order valence-corrected chi connectivity index (χ1v) is 5.81. The van der Waals surface area contributed by atoms with E-state index in [1.807, 2.05) is 5.38 Å². The third-order valence-electron chi connectivity index (χ3n) is 0.347. The first-order chi connectivity index (χ1) is 5.23. The highest BCUT2D eigenvalue weighted by Crippen LogP contribution is 1.98. The highest BCUT2D eigenvalue weighted by atomic mass is 33.1. The maximum Gasteiger partial charge on any atom is 0.692 e. The lowest BCUT2D eigenvalue weighted by molar-refractivity contribution is 0.405. The highest BCUT2D eigenvalue weighted by Gasteiger charge is 1.93. The Kier molecular flexibility index (Phi) is 16.4. The Balaban J connectivity index is 0. The molecule has 0 spiro atoms. The van der Waals surface area contributed by atoms with Gasteiger partial charge in [0, 0.05) is 16.1 Å². The third kappa shape index (κ3) is 25.2. The average molecular weight is 232 g/mol. The van der Waals surface area contributed by atoms with E-state index in [1.54, 1.807) is 23.0 Å². The minimum Gasteiger partial charge on any atom is -0.253 e. The van der Waals surface area contributed by atoms with Gasteiger partial charge in [0.2, 0.25) is 0 Å². The van der Waals surface area contributed by atoms with Crippen molar-refractivity contribution in [3.8, 4) is 0 Å². The monoisotopic (exact) mass is 232 g/mol. The third-order valence-corrected chi connectivity index (χ3v) is 0.869. The van der Waals surface area contributed by atoms with Gasteiger partial charge in [-0.2, -0.15) is 0 Å². The molecule has 4 nitrogen and oxygen atoms in total. The molecule has 2 N–H and O–H groups in total. The molecule has 1 aromatic heterocycles. The van der Waals surface area contributed by atoms with E-state index in [0.29, 0.717) is 0 Å². The predicted octanol–water partition coefficient (Wildman–Crippen LogP) is 1.53. The molecule has 0 saturated heterocycles. The number of nitrogens with zero attached hydrogens (tertiary/aromatic N) is 1. The van der Waals surface area contributed by atoms with Gasteiger partial charge in [-0.05, 0) is 0 Å². The van der Waals surface area contributed by atoms with E-state index >= 15 is 0 Å². The second-order valence-corrected chi connectivity index (χ2v) is 2.19. The van der Waals surface area contributed by atoms with Gasteiger partial charge in [0.1, 0.15) is 0 Å². The van der Waals surface area contributed by atoms with Gasteiger partial charge < -0.3 is 0 Å². The Morgan fingerprint density at radius 3 is 2.00 bits per heavy atom. The Labute approximate surface area is 79.5 Å². The fourth-order valence-corrected chi connectivity index (χ4v) is 0.527. The molecule has 11 heavy (non-hydrogen) atoms. The van der Waals surface area contributed by atoms with Crippen LogP contribution >= 0.6 is 42.9 Å². The molecule has 64 valence electrons. The van der Waals surface area contributed by atoms with Gasteiger partial charge >= 0.3 is 8.25 Å². The fourth-order valence-electron chi connectivity index (χ4n) is 0.176. The molecule has 1 heterocycles. The van der Waals surface area contributed by atoms with Crippen molar-refractivity contribution in [1.82, 2.24) is 4.98 Å². The van der Waals surface area contributed by atoms with Crippen molar-refractivity contribution in [3.63, 3.8) is 0 Å². The van der Waals surface area contributed by atoms with E-state index in [9.17, 15) is 0 Å². The van der Waals surface area contributed by atoms with Crippen molar-refractivity contribution in [2.75, 3.05) is 0 Å². The first kappa shape index (κ1) is 13.9. The van der Waals surface area contributed by atoms with Crippen LogP contribution < -0.4 is 0 Å². The summed E-state index contributed by atoms with van der Waals surface area (Å²) in [6.07, 6.45) is 1.77. The molecule has 0 atom stereocenters. The van der Waals surface area contributed by atoms with Crippen molar-refractivity contribution < 1.29 is 14.4 Å². The summed E-state index contributed by atoms with van der Waals surface area (Å²) in [5, 5.41) is 1.93. The van der Waals surface area contributed by atoms with Crippen LogP contribution in [0.15, 0.2) is 17.1 Å². The largest absolute Gasteiger partial charge is 0.692 e. The summed E-state index contributed by atoms with van der Waals surface area (Å²) in [4.78, 5) is 18.0. The molecule has 0 aliphatic heterocycles. The first-order valence-electron chi connectivity index (χ1n) is 2.10. The van der Waals surface area contributed by atoms with Crippen molar-refractivity contribution in [3.05, 3.63) is 17.1 Å². The molecule has 0 aromatic carbocycles. The summed E-state index contributed by atoms with van der Waals surface area (Å²) >= 11 is 8.05. The van der Waals surface area contributed by atoms with Crippen LogP contribution in [0.5, 0.6) is 0 Å². The zero-order valence-electron chi connectivity index (χ0n) is 5.23. The fraction of sp³-hybridized carbons (Fsp3) is 0. The zero-order valence-corrected chi connectivity index (χ0v) is 8.73. The van der Waals surface area contributed by atoms with Gasteiger partial charge in [-0.1, -0.05) is 0 Å². The minimum atomic E-state index is -2.87. The highest BCUT2D eigenvalue weighted by molar-refractivity contribution is 8.59. The second-order valence-electron chi connectivity index (χ2n) is 0.928. The summed E-state index contributed by atoms with van der Waals surface area (Å²) in [5.74, 6) is 0. The molecule has 0 unspecified atom stereocenters. The molecule has 0 bridgehead atoms. The lowest BCUT2D eigenvalue weighted by Gasteiger charge is -1.41. The van der Waals surface area contributed by atoms with Crippen LogP contribution in [-0.2, 0) is 4.57 Å². The van der Waals surface area contributed by atoms with Crippen molar-refractivity contribution in [2.45, 2.75) is 0 Å². The van der Waals surface area contributed by atoms with Gasteiger partial charge in [-0.15, -0.1) is 44.4 Å². The quantitative estimate of drug-likeness (QED) is 0.311. The molecule has 0 amide bonds. The summed E-state index contributed by atoms with van der Waals surface area (Å²) in [7, 11) is -2.87. The molecule has 0 aliphatic rings. The second kappa shape index (κ2) is 13.0. The van der Waals surface area contributed by atoms with E-state index < -0.39 is 8.25 Å². The molecule has 1 aromatic rings. The molecule has 8 heteroatoms. The van der Waals surface area contributed by atoms with Gasteiger partial charge in [0.15, 0.2) is 0 Å². The molecule has 0 fully saturated rings. The maximum absolute atomic E-state index is 8.70. The average Bonchev–Trinajstić information content (AvgIpc) is 2.44. The van der Waals surface area contributed by atoms with Crippen LogP contribution in [0.1, 0.15) is 0 Å². The summed E-state index contributed by atoms with van der Waals surface area (Å²) in [6.45, 7) is 0. The normalized spacial score (nSPS) is 6.55. The van der Waals surface area contributed by atoms with Gasteiger partial charge in [-0.3, -0.25) is 4.98 Å². The molecule has 0 saturated carbocycles. The van der Waals surface area contributed by atoms with E-state index in [4.69, 9.17) is 14.4 Å². The van der Waals surface area contributed by atoms with Crippen LogP contribution in [0.3, 0.4) is 0 Å². The molecular weight excluding hydrogens is 225 g/mol. The van der Waals surface area contributed by atoms with Crippen LogP contribution in [0.25, 0.3) is 0 Å². The Bertz CT molecular complexity index is 138.